The summed E-state index contributed by atoms with van der Waals surface area (Å²) in [6.45, 7) is 4.72. The number of nitrogens with one attached hydrogen (secondary N) is 1. The fraction of sp³-hybridized carbons (Fsp3) is 0.310. The number of hydrogen-bond acceptors (Lipinski definition) is 5. The minimum atomic E-state index is -4.19. The van der Waals surface area contributed by atoms with Crippen molar-refractivity contribution in [2.75, 3.05) is 18.0 Å². The molecule has 1 N–H and O–H groups in total. The number of sulfonamides is 1. The molecule has 0 bridgehead atoms. The van der Waals surface area contributed by atoms with Gasteiger partial charge in [-0.3, -0.25) is 13.9 Å². The minimum Gasteiger partial charge on any atom is -0.497 e. The average Bonchev–Trinajstić information content (AvgIpc) is 2.95. The second kappa shape index (κ2) is 13.9. The topological polar surface area (TPSA) is 96.0 Å². The molecule has 11 heteroatoms. The first-order valence-corrected chi connectivity index (χ1v) is 14.9. The van der Waals surface area contributed by atoms with E-state index in [1.165, 1.54) is 36.3 Å². The number of benzene rings is 3. The predicted molar refractivity (Wildman–Crippen MR) is 158 cm³/mol. The number of methoxy groups -OCH3 is 1. The molecule has 0 radical (unpaired) electrons. The van der Waals surface area contributed by atoms with Crippen LogP contribution < -0.4 is 14.4 Å². The van der Waals surface area contributed by atoms with E-state index in [-0.39, 0.29) is 23.4 Å². The first kappa shape index (κ1) is 31.3. The van der Waals surface area contributed by atoms with E-state index in [2.05, 4.69) is 5.32 Å². The molecule has 0 heterocycles. The van der Waals surface area contributed by atoms with Crippen LogP contribution in [0.3, 0.4) is 0 Å². The van der Waals surface area contributed by atoms with Gasteiger partial charge >= 0.3 is 0 Å². The number of halogens is 2. The fourth-order valence-corrected chi connectivity index (χ4v) is 5.83. The van der Waals surface area contributed by atoms with E-state index in [1.54, 1.807) is 55.5 Å². The van der Waals surface area contributed by atoms with Gasteiger partial charge in [0, 0.05) is 28.2 Å². The van der Waals surface area contributed by atoms with Gasteiger partial charge in [0.15, 0.2) is 0 Å². The zero-order valence-corrected chi connectivity index (χ0v) is 25.1. The molecule has 2 atom stereocenters. The summed E-state index contributed by atoms with van der Waals surface area (Å²) in [6.07, 6.45) is 0.699. The number of amides is 2. The smallest absolute Gasteiger partial charge is 0.264 e. The molecule has 40 heavy (non-hydrogen) atoms. The van der Waals surface area contributed by atoms with E-state index in [1.807, 2.05) is 13.8 Å². The molecule has 214 valence electrons. The van der Waals surface area contributed by atoms with E-state index < -0.39 is 28.5 Å². The number of anilines is 1. The van der Waals surface area contributed by atoms with Gasteiger partial charge in [0.2, 0.25) is 11.8 Å². The number of carbonyl (C=O) groups excluding carboxylic acids is 2. The summed E-state index contributed by atoms with van der Waals surface area (Å²) < 4.78 is 33.9. The molecule has 0 aliphatic rings. The Hall–Kier alpha value is -3.27. The first-order valence-electron chi connectivity index (χ1n) is 12.7. The van der Waals surface area contributed by atoms with Crippen LogP contribution in [0.5, 0.6) is 5.75 Å². The number of nitrogens with zero attached hydrogens (tertiary/aromatic N) is 2. The molecule has 0 saturated heterocycles. The standard InChI is InChI=1S/C29H33Cl2N3O5S/c1-5-20(2)32-29(36)21(3)33(18-25-26(30)12-9-13-27(25)31)28(35)19-34(22-10-7-6-8-11-22)40(37,38)24-16-14-23(39-4)15-17-24/h6-17,20-21H,5,18-19H2,1-4H3,(H,32,36). The normalized spacial score (nSPS) is 12.8. The Kier molecular flexibility index (Phi) is 10.8. The highest BCUT2D eigenvalue weighted by Crippen LogP contribution is 2.28. The average molecular weight is 607 g/mol. The lowest BCUT2D eigenvalue weighted by molar-refractivity contribution is -0.139. The molecular weight excluding hydrogens is 573 g/mol. The van der Waals surface area contributed by atoms with Crippen molar-refractivity contribution in [3.63, 3.8) is 0 Å². The summed E-state index contributed by atoms with van der Waals surface area (Å²) in [5.74, 6) is -0.496. The van der Waals surface area contributed by atoms with Crippen molar-refractivity contribution in [3.05, 3.63) is 88.4 Å². The van der Waals surface area contributed by atoms with E-state index >= 15 is 0 Å². The lowest BCUT2D eigenvalue weighted by atomic mass is 10.1. The first-order chi connectivity index (χ1) is 19.0. The van der Waals surface area contributed by atoms with E-state index in [9.17, 15) is 18.0 Å². The number of rotatable bonds is 12. The van der Waals surface area contributed by atoms with E-state index in [4.69, 9.17) is 27.9 Å². The zero-order valence-electron chi connectivity index (χ0n) is 22.8. The highest BCUT2D eigenvalue weighted by Gasteiger charge is 2.33. The molecule has 2 unspecified atom stereocenters. The molecule has 3 rings (SSSR count). The lowest BCUT2D eigenvalue weighted by Crippen LogP contribution is -2.52. The van der Waals surface area contributed by atoms with Crippen LogP contribution in [0.4, 0.5) is 5.69 Å². The van der Waals surface area contributed by atoms with Crippen molar-refractivity contribution in [3.8, 4) is 5.75 Å². The summed E-state index contributed by atoms with van der Waals surface area (Å²) in [5.41, 5.74) is 0.741. The Bertz CT molecular complexity index is 1400. The molecule has 3 aromatic rings. The Morgan fingerprint density at radius 2 is 1.52 bits per heavy atom. The highest BCUT2D eigenvalue weighted by molar-refractivity contribution is 7.92. The second-order valence-electron chi connectivity index (χ2n) is 9.24. The third kappa shape index (κ3) is 7.47. The molecule has 0 fully saturated rings. The van der Waals surface area contributed by atoms with Crippen molar-refractivity contribution in [1.82, 2.24) is 10.2 Å². The number of hydrogen-bond donors (Lipinski definition) is 1. The van der Waals surface area contributed by atoms with Gasteiger partial charge in [-0.25, -0.2) is 8.42 Å². The molecule has 8 nitrogen and oxygen atoms in total. The maximum absolute atomic E-state index is 14.0. The maximum atomic E-state index is 14.0. The van der Waals surface area contributed by atoms with Crippen LogP contribution in [0.2, 0.25) is 10.0 Å². The SMILES string of the molecule is CCC(C)NC(=O)C(C)N(Cc1c(Cl)cccc1Cl)C(=O)CN(c1ccccc1)S(=O)(=O)c1ccc(OC)cc1. The maximum Gasteiger partial charge on any atom is 0.264 e. The van der Waals surface area contributed by atoms with Gasteiger partial charge in [-0.2, -0.15) is 0 Å². The molecule has 0 aliphatic heterocycles. The Labute approximate surface area is 245 Å². The van der Waals surface area contributed by atoms with Crippen LogP contribution in [-0.4, -0.2) is 50.9 Å². The molecule has 0 aliphatic carbocycles. The molecule has 0 aromatic heterocycles. The summed E-state index contributed by atoms with van der Waals surface area (Å²) in [6, 6.07) is 18.1. The van der Waals surface area contributed by atoms with E-state index in [0.29, 0.717) is 33.5 Å². The Morgan fingerprint density at radius 3 is 2.08 bits per heavy atom. The van der Waals surface area contributed by atoms with Crippen LogP contribution in [0.15, 0.2) is 77.7 Å². The Morgan fingerprint density at radius 1 is 0.925 bits per heavy atom. The van der Waals surface area contributed by atoms with Crippen LogP contribution >= 0.6 is 23.2 Å². The van der Waals surface area contributed by atoms with Crippen LogP contribution in [0, 0.1) is 0 Å². The predicted octanol–water partition coefficient (Wildman–Crippen LogP) is 5.53. The van der Waals surface area contributed by atoms with Crippen molar-refractivity contribution in [2.24, 2.45) is 0 Å². The summed E-state index contributed by atoms with van der Waals surface area (Å²) >= 11 is 12.8. The van der Waals surface area contributed by atoms with Crippen molar-refractivity contribution >= 4 is 50.7 Å². The number of carbonyl (C=O) groups is 2. The van der Waals surface area contributed by atoms with Gasteiger partial charge in [-0.1, -0.05) is 54.4 Å². The van der Waals surface area contributed by atoms with Crippen LogP contribution in [0.25, 0.3) is 0 Å². The number of ether oxygens (including phenoxy) is 1. The summed E-state index contributed by atoms with van der Waals surface area (Å²) in [5, 5.41) is 3.54. The summed E-state index contributed by atoms with van der Waals surface area (Å²) in [7, 11) is -2.71. The van der Waals surface area contributed by atoms with Gasteiger partial charge in [0.1, 0.15) is 18.3 Å². The minimum absolute atomic E-state index is 0.0202. The molecular formula is C29H33Cl2N3O5S. The highest BCUT2D eigenvalue weighted by atomic mass is 35.5. The fourth-order valence-electron chi connectivity index (χ4n) is 3.90. The third-order valence-corrected chi connectivity index (χ3v) is 9.03. The zero-order chi connectivity index (χ0) is 29.4. The third-order valence-electron chi connectivity index (χ3n) is 6.53. The summed E-state index contributed by atoms with van der Waals surface area (Å²) in [4.78, 5) is 28.4. The number of para-hydroxylation sites is 1. The lowest BCUT2D eigenvalue weighted by Gasteiger charge is -2.32. The quantitative estimate of drug-likeness (QED) is 0.293. The van der Waals surface area contributed by atoms with Crippen molar-refractivity contribution in [1.29, 1.82) is 0 Å². The second-order valence-corrected chi connectivity index (χ2v) is 11.9. The molecule has 2 amide bonds. The molecule has 0 saturated carbocycles. The monoisotopic (exact) mass is 605 g/mol. The molecule has 0 spiro atoms. The van der Waals surface area contributed by atoms with Gasteiger partial charge < -0.3 is 15.0 Å². The van der Waals surface area contributed by atoms with Crippen LogP contribution in [-0.2, 0) is 26.2 Å². The van der Waals surface area contributed by atoms with Crippen molar-refractivity contribution in [2.45, 2.75) is 50.7 Å². The van der Waals surface area contributed by atoms with Gasteiger partial charge in [-0.05, 0) is 68.8 Å². The van der Waals surface area contributed by atoms with Gasteiger partial charge in [-0.15, -0.1) is 0 Å². The van der Waals surface area contributed by atoms with E-state index in [0.717, 1.165) is 4.31 Å². The molecule has 3 aromatic carbocycles. The largest absolute Gasteiger partial charge is 0.497 e. The van der Waals surface area contributed by atoms with Gasteiger partial charge in [0.25, 0.3) is 10.0 Å². The van der Waals surface area contributed by atoms with Gasteiger partial charge in [0.05, 0.1) is 17.7 Å². The Balaban J connectivity index is 2.04. The van der Waals surface area contributed by atoms with Crippen LogP contribution in [0.1, 0.15) is 32.8 Å². The van der Waals surface area contributed by atoms with Crippen molar-refractivity contribution < 1.29 is 22.7 Å².